The predicted molar refractivity (Wildman–Crippen MR) is 56.1 cm³/mol. The molecule has 13 heavy (non-hydrogen) atoms. The van der Waals surface area contributed by atoms with E-state index in [1.165, 1.54) is 11.1 Å². The van der Waals surface area contributed by atoms with Gasteiger partial charge < -0.3 is 0 Å². The van der Waals surface area contributed by atoms with Crippen molar-refractivity contribution >= 4 is 0 Å². The van der Waals surface area contributed by atoms with E-state index in [-0.39, 0.29) is 6.04 Å². The number of nitrogens with one attached hydrogen (secondary N) is 1. The summed E-state index contributed by atoms with van der Waals surface area (Å²) in [6.07, 6.45) is 2.71. The summed E-state index contributed by atoms with van der Waals surface area (Å²) in [4.78, 5) is 0. The number of nitrogens with two attached hydrogens (primary N) is 1. The van der Waals surface area contributed by atoms with Crippen LogP contribution in [-0.4, -0.2) is 0 Å². The summed E-state index contributed by atoms with van der Waals surface area (Å²) in [5.74, 6) is 5.43. The molecule has 0 aliphatic heterocycles. The predicted octanol–water partition coefficient (Wildman–Crippen LogP) is 2.08. The van der Waals surface area contributed by atoms with Crippen molar-refractivity contribution in [3.8, 4) is 0 Å². The molecule has 2 heteroatoms. The standard InChI is InChI=1S/C11H16N2/c1-3-4-11(13-12)10-7-5-9(2)6-8-10/h3,5-8,11,13H,1,4,12H2,2H3. The molecule has 0 fully saturated rings. The smallest absolute Gasteiger partial charge is 0.0494 e. The van der Waals surface area contributed by atoms with Gasteiger partial charge in [0.2, 0.25) is 0 Å². The monoisotopic (exact) mass is 176 g/mol. The molecular weight excluding hydrogens is 160 g/mol. The molecule has 0 amide bonds. The van der Waals surface area contributed by atoms with Gasteiger partial charge in [-0.15, -0.1) is 6.58 Å². The first-order valence-electron chi connectivity index (χ1n) is 4.41. The van der Waals surface area contributed by atoms with E-state index in [1.807, 2.05) is 6.08 Å². The van der Waals surface area contributed by atoms with Gasteiger partial charge in [-0.2, -0.15) is 0 Å². The maximum atomic E-state index is 5.43. The Morgan fingerprint density at radius 2 is 2.08 bits per heavy atom. The van der Waals surface area contributed by atoms with Crippen LogP contribution >= 0.6 is 0 Å². The highest BCUT2D eigenvalue weighted by molar-refractivity contribution is 5.24. The minimum atomic E-state index is 0.179. The summed E-state index contributed by atoms with van der Waals surface area (Å²) in [6.45, 7) is 5.77. The van der Waals surface area contributed by atoms with Crippen molar-refractivity contribution in [3.63, 3.8) is 0 Å². The number of benzene rings is 1. The zero-order valence-corrected chi connectivity index (χ0v) is 7.96. The highest BCUT2D eigenvalue weighted by atomic mass is 15.2. The van der Waals surface area contributed by atoms with Gasteiger partial charge in [0, 0.05) is 6.04 Å². The van der Waals surface area contributed by atoms with E-state index in [1.54, 1.807) is 0 Å². The lowest BCUT2D eigenvalue weighted by Crippen LogP contribution is -2.27. The molecule has 0 saturated carbocycles. The molecule has 0 aliphatic rings. The second kappa shape index (κ2) is 4.80. The van der Waals surface area contributed by atoms with Crippen molar-refractivity contribution in [2.24, 2.45) is 5.84 Å². The lowest BCUT2D eigenvalue weighted by atomic mass is 10.0. The molecule has 1 unspecified atom stereocenters. The van der Waals surface area contributed by atoms with E-state index in [0.29, 0.717) is 0 Å². The van der Waals surface area contributed by atoms with Crippen molar-refractivity contribution in [2.45, 2.75) is 19.4 Å². The molecule has 0 aromatic heterocycles. The fourth-order valence-corrected chi connectivity index (χ4v) is 1.27. The Morgan fingerprint density at radius 3 is 2.54 bits per heavy atom. The van der Waals surface area contributed by atoms with Crippen molar-refractivity contribution in [1.29, 1.82) is 0 Å². The minimum absolute atomic E-state index is 0.179. The van der Waals surface area contributed by atoms with Crippen LogP contribution in [0.25, 0.3) is 0 Å². The molecule has 1 rings (SSSR count). The van der Waals surface area contributed by atoms with Gasteiger partial charge in [0.05, 0.1) is 0 Å². The molecule has 0 saturated heterocycles. The van der Waals surface area contributed by atoms with E-state index in [0.717, 1.165) is 6.42 Å². The summed E-state index contributed by atoms with van der Waals surface area (Å²) < 4.78 is 0. The van der Waals surface area contributed by atoms with E-state index in [4.69, 9.17) is 5.84 Å². The van der Waals surface area contributed by atoms with Crippen LogP contribution in [0.5, 0.6) is 0 Å². The van der Waals surface area contributed by atoms with E-state index in [2.05, 4.69) is 43.2 Å². The van der Waals surface area contributed by atoms with Crippen LogP contribution in [0.3, 0.4) is 0 Å². The Kier molecular flexibility index (Phi) is 3.68. The van der Waals surface area contributed by atoms with E-state index < -0.39 is 0 Å². The molecule has 2 nitrogen and oxygen atoms in total. The van der Waals surface area contributed by atoms with Gasteiger partial charge in [0.25, 0.3) is 0 Å². The highest BCUT2D eigenvalue weighted by Gasteiger charge is 2.05. The van der Waals surface area contributed by atoms with Crippen LogP contribution in [0, 0.1) is 6.92 Å². The zero-order valence-electron chi connectivity index (χ0n) is 7.96. The molecule has 1 aromatic rings. The maximum Gasteiger partial charge on any atom is 0.0494 e. The zero-order chi connectivity index (χ0) is 9.68. The largest absolute Gasteiger partial charge is 0.271 e. The number of hydrogen-bond acceptors (Lipinski definition) is 2. The number of hydrogen-bond donors (Lipinski definition) is 2. The van der Waals surface area contributed by atoms with Crippen LogP contribution < -0.4 is 11.3 Å². The summed E-state index contributed by atoms with van der Waals surface area (Å²) >= 11 is 0. The highest BCUT2D eigenvalue weighted by Crippen LogP contribution is 2.16. The Labute approximate surface area is 79.4 Å². The quantitative estimate of drug-likeness (QED) is 0.419. The maximum absolute atomic E-state index is 5.43. The Bertz CT molecular complexity index is 264. The number of hydrazine groups is 1. The molecule has 0 spiro atoms. The first-order valence-corrected chi connectivity index (χ1v) is 4.41. The van der Waals surface area contributed by atoms with Gasteiger partial charge in [-0.05, 0) is 18.9 Å². The molecule has 1 aromatic carbocycles. The SMILES string of the molecule is C=CCC(NN)c1ccc(C)cc1. The molecule has 0 heterocycles. The normalized spacial score (nSPS) is 12.5. The van der Waals surface area contributed by atoms with Crippen molar-refractivity contribution < 1.29 is 0 Å². The minimum Gasteiger partial charge on any atom is -0.271 e. The third kappa shape index (κ3) is 2.68. The van der Waals surface area contributed by atoms with Gasteiger partial charge in [-0.25, -0.2) is 0 Å². The topological polar surface area (TPSA) is 38.0 Å². The van der Waals surface area contributed by atoms with Crippen molar-refractivity contribution in [2.75, 3.05) is 0 Å². The van der Waals surface area contributed by atoms with Gasteiger partial charge in [-0.1, -0.05) is 35.9 Å². The molecular formula is C11H16N2. The van der Waals surface area contributed by atoms with Crippen LogP contribution in [0.2, 0.25) is 0 Å². The number of rotatable bonds is 4. The molecule has 3 N–H and O–H groups in total. The lowest BCUT2D eigenvalue weighted by Gasteiger charge is -2.13. The van der Waals surface area contributed by atoms with Crippen LogP contribution in [0.1, 0.15) is 23.6 Å². The Hall–Kier alpha value is -1.12. The van der Waals surface area contributed by atoms with Crippen LogP contribution in [0.15, 0.2) is 36.9 Å². The van der Waals surface area contributed by atoms with Gasteiger partial charge in [0.1, 0.15) is 0 Å². The second-order valence-corrected chi connectivity index (χ2v) is 3.15. The van der Waals surface area contributed by atoms with E-state index >= 15 is 0 Å². The van der Waals surface area contributed by atoms with E-state index in [9.17, 15) is 0 Å². The summed E-state index contributed by atoms with van der Waals surface area (Å²) in [5.41, 5.74) is 5.23. The third-order valence-corrected chi connectivity index (χ3v) is 2.08. The second-order valence-electron chi connectivity index (χ2n) is 3.15. The first-order chi connectivity index (χ1) is 6.27. The van der Waals surface area contributed by atoms with Crippen molar-refractivity contribution in [3.05, 3.63) is 48.0 Å². The lowest BCUT2D eigenvalue weighted by molar-refractivity contribution is 0.561. The molecule has 0 bridgehead atoms. The van der Waals surface area contributed by atoms with Gasteiger partial charge >= 0.3 is 0 Å². The summed E-state index contributed by atoms with van der Waals surface area (Å²) in [7, 11) is 0. The fourth-order valence-electron chi connectivity index (χ4n) is 1.27. The fraction of sp³-hybridized carbons (Fsp3) is 0.273. The Morgan fingerprint density at radius 1 is 1.46 bits per heavy atom. The van der Waals surface area contributed by atoms with Gasteiger partial charge in [0.15, 0.2) is 0 Å². The summed E-state index contributed by atoms with van der Waals surface area (Å²) in [6, 6.07) is 8.52. The van der Waals surface area contributed by atoms with Gasteiger partial charge in [-0.3, -0.25) is 11.3 Å². The molecule has 0 aliphatic carbocycles. The molecule has 0 radical (unpaired) electrons. The summed E-state index contributed by atoms with van der Waals surface area (Å²) in [5, 5.41) is 0. The average molecular weight is 176 g/mol. The average Bonchev–Trinajstić information content (AvgIpc) is 2.16. The first kappa shape index (κ1) is 9.96. The molecule has 1 atom stereocenters. The Balaban J connectivity index is 2.78. The van der Waals surface area contributed by atoms with Crippen LogP contribution in [-0.2, 0) is 0 Å². The number of aryl methyl sites for hydroxylation is 1. The van der Waals surface area contributed by atoms with Crippen molar-refractivity contribution in [1.82, 2.24) is 5.43 Å². The third-order valence-electron chi connectivity index (χ3n) is 2.08. The van der Waals surface area contributed by atoms with Crippen LogP contribution in [0.4, 0.5) is 0 Å². The molecule has 70 valence electrons.